The molecule has 0 aliphatic carbocycles. The Kier molecular flexibility index (Phi) is 7.62. The number of carbonyl (C=O) groups excluding carboxylic acids is 1. The van der Waals surface area contributed by atoms with Gasteiger partial charge in [-0.25, -0.2) is 8.42 Å². The minimum Gasteiger partial charge on any atom is -0.480 e. The van der Waals surface area contributed by atoms with E-state index in [0.717, 1.165) is 24.3 Å². The Balaban J connectivity index is 5.04. The molecule has 0 rings (SSSR count). The van der Waals surface area contributed by atoms with Crippen molar-refractivity contribution in [3.05, 3.63) is 0 Å². The van der Waals surface area contributed by atoms with Gasteiger partial charge in [-0.3, -0.25) is 9.59 Å². The summed E-state index contributed by atoms with van der Waals surface area (Å²) in [6.45, 7) is 3.49. The van der Waals surface area contributed by atoms with Gasteiger partial charge in [0, 0.05) is 6.54 Å². The Bertz CT molecular complexity index is 401. The molecule has 0 atom stereocenters. The third-order valence-electron chi connectivity index (χ3n) is 2.85. The number of rotatable bonds is 9. The molecule has 0 bridgehead atoms. The number of carboxylic acids is 1. The molecule has 0 radical (unpaired) electrons. The molecule has 0 saturated carbocycles. The molecule has 0 heterocycles. The topological polar surface area (TPSA) is 101 Å². The van der Waals surface area contributed by atoms with Gasteiger partial charge in [-0.15, -0.1) is 0 Å². The molecule has 0 aliphatic heterocycles. The Morgan fingerprint density at radius 3 is 2.16 bits per heavy atom. The van der Waals surface area contributed by atoms with E-state index in [1.54, 1.807) is 0 Å². The fourth-order valence-corrected chi connectivity index (χ4v) is 2.80. The molecule has 7 nitrogen and oxygen atoms in total. The highest BCUT2D eigenvalue weighted by molar-refractivity contribution is 7.89. The number of sulfonamides is 1. The van der Waals surface area contributed by atoms with E-state index in [1.165, 1.54) is 0 Å². The lowest BCUT2D eigenvalue weighted by atomic mass is 10.0. The summed E-state index contributed by atoms with van der Waals surface area (Å²) in [6.07, 6.45) is 1.49. The molecule has 1 N–H and O–H groups in total. The fraction of sp³-hybridized carbons (Fsp3) is 0.818. The number of hydrogen-bond acceptors (Lipinski definition) is 5. The maximum Gasteiger partial charge on any atom is 0.321 e. The van der Waals surface area contributed by atoms with Crippen LogP contribution in [0.4, 0.5) is 0 Å². The van der Waals surface area contributed by atoms with Crippen LogP contribution in [-0.4, -0.2) is 55.7 Å². The summed E-state index contributed by atoms with van der Waals surface area (Å²) in [5.41, 5.74) is 0. The molecular formula is C11H21NO6S. The first-order valence-corrected chi connectivity index (χ1v) is 7.64. The zero-order valence-corrected chi connectivity index (χ0v) is 12.3. The van der Waals surface area contributed by atoms with Gasteiger partial charge < -0.3 is 9.84 Å². The monoisotopic (exact) mass is 295 g/mol. The quantitative estimate of drug-likeness (QED) is 0.614. The molecule has 112 valence electrons. The first-order valence-electron chi connectivity index (χ1n) is 6.03. The Labute approximate surface area is 113 Å². The van der Waals surface area contributed by atoms with Crippen molar-refractivity contribution in [1.29, 1.82) is 0 Å². The second kappa shape index (κ2) is 8.11. The van der Waals surface area contributed by atoms with Gasteiger partial charge >= 0.3 is 11.9 Å². The maximum absolute atomic E-state index is 11.9. The Hall–Kier alpha value is -1.15. The molecular weight excluding hydrogens is 274 g/mol. The zero-order valence-electron chi connectivity index (χ0n) is 11.5. The average Bonchev–Trinajstić information content (AvgIpc) is 2.32. The van der Waals surface area contributed by atoms with Gasteiger partial charge in [0.25, 0.3) is 0 Å². The van der Waals surface area contributed by atoms with E-state index >= 15 is 0 Å². The normalized spacial score (nSPS) is 11.8. The van der Waals surface area contributed by atoms with Gasteiger partial charge in [0.05, 0.1) is 7.11 Å². The lowest BCUT2D eigenvalue weighted by Crippen LogP contribution is -2.42. The number of carboxylic acid groups (broad SMARTS) is 1. The summed E-state index contributed by atoms with van der Waals surface area (Å²) in [5, 5.41) is 8.62. The maximum atomic E-state index is 11.9. The van der Waals surface area contributed by atoms with E-state index in [1.807, 2.05) is 13.8 Å². The summed E-state index contributed by atoms with van der Waals surface area (Å²) >= 11 is 0. The second-order valence-electron chi connectivity index (χ2n) is 4.20. The summed E-state index contributed by atoms with van der Waals surface area (Å²) in [7, 11) is -2.85. The molecule has 0 aromatic carbocycles. The van der Waals surface area contributed by atoms with E-state index in [0.29, 0.717) is 0 Å². The van der Waals surface area contributed by atoms with Crippen molar-refractivity contribution in [3.8, 4) is 0 Å². The van der Waals surface area contributed by atoms with Crippen LogP contribution < -0.4 is 0 Å². The van der Waals surface area contributed by atoms with Crippen molar-refractivity contribution in [1.82, 2.24) is 4.31 Å². The van der Waals surface area contributed by atoms with E-state index in [4.69, 9.17) is 5.11 Å². The van der Waals surface area contributed by atoms with Crippen LogP contribution in [0.3, 0.4) is 0 Å². The molecule has 0 fully saturated rings. The van der Waals surface area contributed by atoms with E-state index < -0.39 is 34.3 Å². The van der Waals surface area contributed by atoms with Crippen LogP contribution in [-0.2, 0) is 24.3 Å². The SMILES string of the molecule is CCC(CC)CN(CC(=O)OC)S(=O)(=O)CC(=O)O. The molecule has 0 aromatic rings. The highest BCUT2D eigenvalue weighted by Gasteiger charge is 2.29. The van der Waals surface area contributed by atoms with E-state index in [-0.39, 0.29) is 12.5 Å². The van der Waals surface area contributed by atoms with E-state index in [9.17, 15) is 18.0 Å². The third kappa shape index (κ3) is 6.53. The summed E-state index contributed by atoms with van der Waals surface area (Å²) in [5.74, 6) is -3.10. The lowest BCUT2D eigenvalue weighted by molar-refractivity contribution is -0.141. The predicted molar refractivity (Wildman–Crippen MR) is 69.1 cm³/mol. The van der Waals surface area contributed by atoms with Crippen LogP contribution in [0.2, 0.25) is 0 Å². The highest BCUT2D eigenvalue weighted by atomic mass is 32.2. The van der Waals surface area contributed by atoms with Crippen LogP contribution in [0.5, 0.6) is 0 Å². The number of methoxy groups -OCH3 is 1. The van der Waals surface area contributed by atoms with Gasteiger partial charge in [0.15, 0.2) is 5.75 Å². The number of hydrogen-bond donors (Lipinski definition) is 1. The van der Waals surface area contributed by atoms with E-state index in [2.05, 4.69) is 4.74 Å². The van der Waals surface area contributed by atoms with Crippen molar-refractivity contribution in [3.63, 3.8) is 0 Å². The molecule has 0 aliphatic rings. The van der Waals surface area contributed by atoms with Gasteiger partial charge in [-0.05, 0) is 5.92 Å². The summed E-state index contributed by atoms with van der Waals surface area (Å²) < 4.78 is 29.1. The minimum atomic E-state index is -4.01. The molecule has 0 aromatic heterocycles. The van der Waals surface area contributed by atoms with Crippen LogP contribution >= 0.6 is 0 Å². The van der Waals surface area contributed by atoms with Crippen LogP contribution in [0.1, 0.15) is 26.7 Å². The molecule has 0 spiro atoms. The minimum absolute atomic E-state index is 0.0771. The van der Waals surface area contributed by atoms with Crippen molar-refractivity contribution in [2.24, 2.45) is 5.92 Å². The summed E-state index contributed by atoms with van der Waals surface area (Å²) in [4.78, 5) is 21.8. The predicted octanol–water partition coefficient (Wildman–Crippen LogP) is 0.312. The fourth-order valence-electron chi connectivity index (χ4n) is 1.57. The number of esters is 1. The largest absolute Gasteiger partial charge is 0.480 e. The van der Waals surface area contributed by atoms with Crippen molar-refractivity contribution < 1.29 is 27.9 Å². The smallest absolute Gasteiger partial charge is 0.321 e. The lowest BCUT2D eigenvalue weighted by Gasteiger charge is -2.24. The molecule has 0 saturated heterocycles. The first kappa shape index (κ1) is 17.8. The number of ether oxygens (including phenoxy) is 1. The van der Waals surface area contributed by atoms with Crippen LogP contribution in [0, 0.1) is 5.92 Å². The Morgan fingerprint density at radius 1 is 1.26 bits per heavy atom. The van der Waals surface area contributed by atoms with Crippen molar-refractivity contribution in [2.45, 2.75) is 26.7 Å². The third-order valence-corrected chi connectivity index (χ3v) is 4.53. The van der Waals surface area contributed by atoms with Gasteiger partial charge in [0.1, 0.15) is 6.54 Å². The number of carbonyl (C=O) groups is 2. The standard InChI is InChI=1S/C11H21NO6S/c1-4-9(5-2)6-12(7-11(15)18-3)19(16,17)8-10(13)14/h9H,4-8H2,1-3H3,(H,13,14). The zero-order chi connectivity index (χ0) is 15.1. The number of nitrogens with zero attached hydrogens (tertiary/aromatic N) is 1. The van der Waals surface area contributed by atoms with Gasteiger partial charge in [0.2, 0.25) is 10.0 Å². The van der Waals surface area contributed by atoms with Crippen LogP contribution in [0.25, 0.3) is 0 Å². The molecule has 0 amide bonds. The van der Waals surface area contributed by atoms with Crippen molar-refractivity contribution >= 4 is 22.0 Å². The highest BCUT2D eigenvalue weighted by Crippen LogP contribution is 2.13. The number of aliphatic carboxylic acids is 1. The molecule has 8 heteroatoms. The first-order chi connectivity index (χ1) is 8.76. The average molecular weight is 295 g/mol. The Morgan fingerprint density at radius 2 is 1.79 bits per heavy atom. The molecule has 0 unspecified atom stereocenters. The van der Waals surface area contributed by atoms with Gasteiger partial charge in [-0.1, -0.05) is 26.7 Å². The summed E-state index contributed by atoms with van der Waals surface area (Å²) in [6, 6.07) is 0. The van der Waals surface area contributed by atoms with Crippen molar-refractivity contribution in [2.75, 3.05) is 26.0 Å². The van der Waals surface area contributed by atoms with Gasteiger partial charge in [-0.2, -0.15) is 4.31 Å². The van der Waals surface area contributed by atoms with Crippen LogP contribution in [0.15, 0.2) is 0 Å². The second-order valence-corrected chi connectivity index (χ2v) is 6.17. The molecule has 19 heavy (non-hydrogen) atoms.